The first-order valence-corrected chi connectivity index (χ1v) is 12.8. The third kappa shape index (κ3) is 5.47. The summed E-state index contributed by atoms with van der Waals surface area (Å²) in [5, 5.41) is 10.2. The second-order valence-electron chi connectivity index (χ2n) is 9.58. The van der Waals surface area contributed by atoms with E-state index in [9.17, 15) is 14.7 Å². The fourth-order valence-corrected chi connectivity index (χ4v) is 5.21. The van der Waals surface area contributed by atoms with E-state index in [1.807, 2.05) is 36.4 Å². The number of methoxy groups -OCH3 is 1. The van der Waals surface area contributed by atoms with Crippen molar-refractivity contribution < 1.29 is 28.9 Å². The molecule has 9 heteroatoms. The Morgan fingerprint density at radius 2 is 1.89 bits per heavy atom. The third-order valence-corrected chi connectivity index (χ3v) is 7.16. The van der Waals surface area contributed by atoms with Crippen LogP contribution in [-0.2, 0) is 33.9 Å². The number of aliphatic carboxylic acids is 1. The molecule has 2 aromatic carbocycles. The number of hydrogen-bond acceptors (Lipinski definition) is 7. The number of carbonyl (C=O) groups excluding carboxylic acids is 1. The predicted octanol–water partition coefficient (Wildman–Crippen LogP) is 4.10. The van der Waals surface area contributed by atoms with E-state index in [0.717, 1.165) is 36.8 Å². The van der Waals surface area contributed by atoms with Gasteiger partial charge in [0.05, 0.1) is 25.1 Å². The second kappa shape index (κ2) is 11.6. The first-order chi connectivity index (χ1) is 18.5. The highest BCUT2D eigenvalue weighted by Gasteiger charge is 2.41. The third-order valence-electron chi connectivity index (χ3n) is 7.16. The van der Waals surface area contributed by atoms with Gasteiger partial charge < -0.3 is 24.2 Å². The SMILES string of the molecule is COc1ccc2c(c1OCc1cnccn1)C[C@@H](C(=O)O)N(C(=O)[C@@H](OC1CCCC1)c1ccccc1)C2. The van der Waals surface area contributed by atoms with Crippen LogP contribution in [0.2, 0.25) is 0 Å². The molecule has 1 fully saturated rings. The average Bonchev–Trinajstić information content (AvgIpc) is 3.48. The molecule has 1 aliphatic heterocycles. The minimum atomic E-state index is -1.08. The Bertz CT molecular complexity index is 1260. The van der Waals surface area contributed by atoms with Crippen LogP contribution in [-0.4, -0.2) is 51.1 Å². The van der Waals surface area contributed by atoms with E-state index in [1.54, 1.807) is 24.7 Å². The molecular formula is C29H31N3O6. The van der Waals surface area contributed by atoms with Gasteiger partial charge in [-0.15, -0.1) is 0 Å². The van der Waals surface area contributed by atoms with Crippen LogP contribution in [0, 0.1) is 0 Å². The highest BCUT2D eigenvalue weighted by atomic mass is 16.5. The van der Waals surface area contributed by atoms with Crippen LogP contribution < -0.4 is 9.47 Å². The molecule has 38 heavy (non-hydrogen) atoms. The Kier molecular flexibility index (Phi) is 7.83. The molecule has 0 saturated heterocycles. The van der Waals surface area contributed by atoms with Gasteiger partial charge in [-0.2, -0.15) is 0 Å². The van der Waals surface area contributed by atoms with Crippen LogP contribution in [0.3, 0.4) is 0 Å². The molecule has 1 aromatic heterocycles. The lowest BCUT2D eigenvalue weighted by molar-refractivity contribution is -0.160. The van der Waals surface area contributed by atoms with E-state index in [0.29, 0.717) is 22.8 Å². The smallest absolute Gasteiger partial charge is 0.326 e. The summed E-state index contributed by atoms with van der Waals surface area (Å²) in [7, 11) is 1.54. The first-order valence-electron chi connectivity index (χ1n) is 12.8. The summed E-state index contributed by atoms with van der Waals surface area (Å²) in [5.74, 6) is -0.488. The molecule has 0 unspecified atom stereocenters. The van der Waals surface area contributed by atoms with Gasteiger partial charge in [-0.1, -0.05) is 49.2 Å². The molecule has 2 aliphatic rings. The van der Waals surface area contributed by atoms with E-state index in [1.165, 1.54) is 12.0 Å². The van der Waals surface area contributed by atoms with Crippen molar-refractivity contribution >= 4 is 11.9 Å². The largest absolute Gasteiger partial charge is 0.493 e. The highest BCUT2D eigenvalue weighted by Crippen LogP contribution is 2.40. The molecule has 0 bridgehead atoms. The molecule has 0 spiro atoms. The van der Waals surface area contributed by atoms with Crippen molar-refractivity contribution in [2.45, 2.75) is 63.5 Å². The molecule has 1 amide bonds. The molecule has 2 atom stereocenters. The number of hydrogen-bond donors (Lipinski definition) is 1. The normalized spacial score (nSPS) is 18.0. The molecule has 1 N–H and O–H groups in total. The summed E-state index contributed by atoms with van der Waals surface area (Å²) >= 11 is 0. The van der Waals surface area contributed by atoms with Gasteiger partial charge in [0.2, 0.25) is 0 Å². The second-order valence-corrected chi connectivity index (χ2v) is 9.58. The summed E-state index contributed by atoms with van der Waals surface area (Å²) in [4.78, 5) is 36.2. The van der Waals surface area contributed by atoms with Crippen LogP contribution in [0.25, 0.3) is 0 Å². The quantitative estimate of drug-likeness (QED) is 0.452. The van der Waals surface area contributed by atoms with Crippen LogP contribution in [0.1, 0.15) is 54.2 Å². The maximum absolute atomic E-state index is 14.0. The van der Waals surface area contributed by atoms with Crippen molar-refractivity contribution in [1.29, 1.82) is 0 Å². The van der Waals surface area contributed by atoms with E-state index < -0.39 is 18.1 Å². The fourth-order valence-electron chi connectivity index (χ4n) is 5.21. The molecule has 9 nitrogen and oxygen atoms in total. The van der Waals surface area contributed by atoms with E-state index in [-0.39, 0.29) is 31.6 Å². The fraction of sp³-hybridized carbons (Fsp3) is 0.379. The van der Waals surface area contributed by atoms with Crippen LogP contribution in [0.4, 0.5) is 0 Å². The lowest BCUT2D eigenvalue weighted by Gasteiger charge is -2.37. The number of aromatic nitrogens is 2. The van der Waals surface area contributed by atoms with Crippen molar-refractivity contribution in [3.05, 3.63) is 83.4 Å². The standard InChI is InChI=1S/C29H31N3O6/c1-36-25-12-11-20-17-32(28(33)26(19-7-3-2-4-8-19)38-22-9-5-6-10-22)24(29(34)35)15-23(20)27(25)37-18-21-16-30-13-14-31-21/h2-4,7-8,11-14,16,22,24,26H,5-6,9-10,15,17-18H2,1H3,(H,34,35)/t24-,26-/m0/s1. The van der Waals surface area contributed by atoms with Crippen molar-refractivity contribution in [3.8, 4) is 11.5 Å². The molecule has 5 rings (SSSR count). The lowest BCUT2D eigenvalue weighted by atomic mass is 9.91. The van der Waals surface area contributed by atoms with Crippen LogP contribution in [0.15, 0.2) is 61.1 Å². The summed E-state index contributed by atoms with van der Waals surface area (Å²) in [6, 6.07) is 11.9. The molecule has 2 heterocycles. The minimum Gasteiger partial charge on any atom is -0.493 e. The monoisotopic (exact) mass is 517 g/mol. The summed E-state index contributed by atoms with van der Waals surface area (Å²) in [6.45, 7) is 0.264. The molecule has 1 saturated carbocycles. The summed E-state index contributed by atoms with van der Waals surface area (Å²) < 4.78 is 18.0. The number of carboxylic acid groups (broad SMARTS) is 1. The number of carboxylic acids is 1. The van der Waals surface area contributed by atoms with Gasteiger partial charge in [-0.25, -0.2) is 4.79 Å². The van der Waals surface area contributed by atoms with Gasteiger partial charge in [0.1, 0.15) is 12.6 Å². The Balaban J connectivity index is 1.46. The van der Waals surface area contributed by atoms with Crippen molar-refractivity contribution in [3.63, 3.8) is 0 Å². The number of benzene rings is 2. The number of carbonyl (C=O) groups is 2. The van der Waals surface area contributed by atoms with E-state index in [4.69, 9.17) is 14.2 Å². The highest BCUT2D eigenvalue weighted by molar-refractivity contribution is 5.88. The molecule has 0 radical (unpaired) electrons. The van der Waals surface area contributed by atoms with Crippen LogP contribution in [0.5, 0.6) is 11.5 Å². The number of nitrogens with zero attached hydrogens (tertiary/aromatic N) is 3. The van der Waals surface area contributed by atoms with Gasteiger partial charge in [-0.05, 0) is 30.0 Å². The summed E-state index contributed by atoms with van der Waals surface area (Å²) in [5.41, 5.74) is 2.86. The van der Waals surface area contributed by atoms with E-state index >= 15 is 0 Å². The van der Waals surface area contributed by atoms with Gasteiger partial charge >= 0.3 is 5.97 Å². The zero-order valence-electron chi connectivity index (χ0n) is 21.3. The van der Waals surface area contributed by atoms with Gasteiger partial charge in [0.15, 0.2) is 17.6 Å². The number of rotatable bonds is 9. The Morgan fingerprint density at radius 1 is 1.11 bits per heavy atom. The predicted molar refractivity (Wildman–Crippen MR) is 138 cm³/mol. The Morgan fingerprint density at radius 3 is 2.58 bits per heavy atom. The molecular weight excluding hydrogens is 486 g/mol. The minimum absolute atomic E-state index is 0.0186. The van der Waals surface area contributed by atoms with Crippen molar-refractivity contribution in [2.24, 2.45) is 0 Å². The molecule has 1 aliphatic carbocycles. The lowest BCUT2D eigenvalue weighted by Crippen LogP contribution is -2.50. The van der Waals surface area contributed by atoms with Crippen molar-refractivity contribution in [2.75, 3.05) is 7.11 Å². The Labute approximate surface area is 221 Å². The number of ether oxygens (including phenoxy) is 3. The zero-order valence-corrected chi connectivity index (χ0v) is 21.3. The van der Waals surface area contributed by atoms with Crippen LogP contribution >= 0.6 is 0 Å². The zero-order chi connectivity index (χ0) is 26.5. The maximum atomic E-state index is 14.0. The van der Waals surface area contributed by atoms with E-state index in [2.05, 4.69) is 9.97 Å². The van der Waals surface area contributed by atoms with Gasteiger partial charge in [0.25, 0.3) is 5.91 Å². The topological polar surface area (TPSA) is 111 Å². The maximum Gasteiger partial charge on any atom is 0.326 e. The average molecular weight is 518 g/mol. The van der Waals surface area contributed by atoms with Gasteiger partial charge in [0, 0.05) is 30.9 Å². The molecule has 198 valence electrons. The number of fused-ring (bicyclic) bond motifs is 1. The summed E-state index contributed by atoms with van der Waals surface area (Å²) in [6.07, 6.45) is 7.88. The first kappa shape index (κ1) is 25.7. The molecule has 3 aromatic rings. The van der Waals surface area contributed by atoms with Crippen molar-refractivity contribution in [1.82, 2.24) is 14.9 Å². The Hall–Kier alpha value is -3.98. The number of amides is 1. The van der Waals surface area contributed by atoms with Gasteiger partial charge in [-0.3, -0.25) is 14.8 Å².